The molecular weight excluding hydrogens is 150 g/mol. The van der Waals surface area contributed by atoms with E-state index in [1.54, 1.807) is 0 Å². The molecule has 3 saturated carbocycles. The zero-order valence-corrected chi connectivity index (χ0v) is 7.32. The van der Waals surface area contributed by atoms with Crippen molar-refractivity contribution in [3.8, 4) is 0 Å². The smallest absolute Gasteiger partial charge is 0.0574 e. The van der Waals surface area contributed by atoms with E-state index in [0.717, 1.165) is 24.2 Å². The van der Waals surface area contributed by atoms with Gasteiger partial charge in [-0.05, 0) is 49.4 Å². The quantitative estimate of drug-likeness (QED) is 0.559. The van der Waals surface area contributed by atoms with E-state index in [1.165, 1.54) is 19.3 Å². The zero-order chi connectivity index (χ0) is 8.29. The Balaban J connectivity index is 1.89. The van der Waals surface area contributed by atoms with Crippen molar-refractivity contribution in [1.82, 2.24) is 0 Å². The van der Waals surface area contributed by atoms with E-state index >= 15 is 0 Å². The number of aliphatic hydroxyl groups is 1. The lowest BCUT2D eigenvalue weighted by atomic mass is 9.79. The van der Waals surface area contributed by atoms with Crippen molar-refractivity contribution in [2.75, 3.05) is 0 Å². The molecule has 6 atom stereocenters. The maximum absolute atomic E-state index is 9.71. The van der Waals surface area contributed by atoms with Gasteiger partial charge in [-0.1, -0.05) is 0 Å². The van der Waals surface area contributed by atoms with Gasteiger partial charge < -0.3 is 10.8 Å². The Morgan fingerprint density at radius 3 is 2.75 bits per heavy atom. The Hall–Kier alpha value is -0.0800. The SMILES string of the molecule is NC1CCC2C3CC(CC3O)C12. The second-order valence-corrected chi connectivity index (χ2v) is 4.95. The van der Waals surface area contributed by atoms with Gasteiger partial charge in [-0.3, -0.25) is 0 Å². The van der Waals surface area contributed by atoms with Crippen molar-refractivity contribution >= 4 is 0 Å². The van der Waals surface area contributed by atoms with Crippen LogP contribution in [0.15, 0.2) is 0 Å². The van der Waals surface area contributed by atoms with Gasteiger partial charge in [0.1, 0.15) is 0 Å². The maximum atomic E-state index is 9.71. The Bertz CT molecular complexity index is 206. The molecule has 68 valence electrons. The van der Waals surface area contributed by atoms with Crippen LogP contribution in [-0.2, 0) is 0 Å². The third kappa shape index (κ3) is 0.728. The fourth-order valence-electron chi connectivity index (χ4n) is 4.15. The average molecular weight is 167 g/mol. The first-order valence-electron chi connectivity index (χ1n) is 5.21. The van der Waals surface area contributed by atoms with Gasteiger partial charge in [0.2, 0.25) is 0 Å². The van der Waals surface area contributed by atoms with Gasteiger partial charge >= 0.3 is 0 Å². The van der Waals surface area contributed by atoms with Gasteiger partial charge in [-0.25, -0.2) is 0 Å². The van der Waals surface area contributed by atoms with E-state index < -0.39 is 0 Å². The van der Waals surface area contributed by atoms with E-state index in [4.69, 9.17) is 5.73 Å². The monoisotopic (exact) mass is 167 g/mol. The van der Waals surface area contributed by atoms with Crippen LogP contribution in [0.4, 0.5) is 0 Å². The minimum absolute atomic E-state index is 0.0153. The number of nitrogens with two attached hydrogens (primary N) is 1. The van der Waals surface area contributed by atoms with E-state index in [-0.39, 0.29) is 6.10 Å². The van der Waals surface area contributed by atoms with Crippen LogP contribution < -0.4 is 5.73 Å². The standard InChI is InChI=1S/C10H17NO/c11-8-2-1-6-7-3-5(10(6)8)4-9(7)12/h5-10,12H,1-4,11H2. The molecular formula is C10H17NO. The third-order valence-corrected chi connectivity index (χ3v) is 4.53. The second kappa shape index (κ2) is 2.24. The molecule has 2 bridgehead atoms. The van der Waals surface area contributed by atoms with E-state index in [1.807, 2.05) is 0 Å². The predicted molar refractivity (Wildman–Crippen MR) is 46.4 cm³/mol. The highest BCUT2D eigenvalue weighted by Crippen LogP contribution is 2.58. The Morgan fingerprint density at radius 1 is 1.08 bits per heavy atom. The molecule has 0 heterocycles. The van der Waals surface area contributed by atoms with Crippen LogP contribution in [0.25, 0.3) is 0 Å². The van der Waals surface area contributed by atoms with Crippen LogP contribution in [0.1, 0.15) is 25.7 Å². The Kier molecular flexibility index (Phi) is 1.37. The maximum Gasteiger partial charge on any atom is 0.0574 e. The third-order valence-electron chi connectivity index (χ3n) is 4.53. The highest BCUT2D eigenvalue weighted by atomic mass is 16.3. The molecule has 0 spiro atoms. The molecule has 3 fully saturated rings. The van der Waals surface area contributed by atoms with Gasteiger partial charge in [0.05, 0.1) is 6.10 Å². The fraction of sp³-hybridized carbons (Fsp3) is 1.00. The minimum atomic E-state index is 0.0153. The average Bonchev–Trinajstić information content (AvgIpc) is 2.62. The molecule has 0 saturated heterocycles. The van der Waals surface area contributed by atoms with Crippen molar-refractivity contribution in [1.29, 1.82) is 0 Å². The minimum Gasteiger partial charge on any atom is -0.393 e. The normalized spacial score (nSPS) is 62.5. The van der Waals surface area contributed by atoms with Gasteiger partial charge in [-0.2, -0.15) is 0 Å². The largest absolute Gasteiger partial charge is 0.393 e. The van der Waals surface area contributed by atoms with Gasteiger partial charge in [0.15, 0.2) is 0 Å². The number of hydrogen-bond donors (Lipinski definition) is 2. The summed E-state index contributed by atoms with van der Waals surface area (Å²) in [5, 5.41) is 9.71. The van der Waals surface area contributed by atoms with E-state index in [9.17, 15) is 5.11 Å². The summed E-state index contributed by atoms with van der Waals surface area (Å²) in [5.74, 6) is 2.95. The molecule has 2 heteroatoms. The van der Waals surface area contributed by atoms with Crippen molar-refractivity contribution in [2.45, 2.75) is 37.8 Å². The summed E-state index contributed by atoms with van der Waals surface area (Å²) in [5.41, 5.74) is 6.07. The molecule has 0 amide bonds. The van der Waals surface area contributed by atoms with Crippen LogP contribution in [0, 0.1) is 23.7 Å². The van der Waals surface area contributed by atoms with Crippen LogP contribution in [0.2, 0.25) is 0 Å². The summed E-state index contributed by atoms with van der Waals surface area (Å²) in [7, 11) is 0. The molecule has 0 aliphatic heterocycles. The summed E-state index contributed by atoms with van der Waals surface area (Å²) in [6, 6.07) is 0.456. The number of aliphatic hydroxyl groups excluding tert-OH is 1. The van der Waals surface area contributed by atoms with Crippen molar-refractivity contribution in [3.63, 3.8) is 0 Å². The van der Waals surface area contributed by atoms with E-state index in [2.05, 4.69) is 0 Å². The molecule has 3 aliphatic rings. The van der Waals surface area contributed by atoms with Gasteiger partial charge in [0, 0.05) is 6.04 Å². The second-order valence-electron chi connectivity index (χ2n) is 4.95. The molecule has 2 nitrogen and oxygen atoms in total. The number of fused-ring (bicyclic) bond motifs is 5. The molecule has 0 aromatic carbocycles. The number of hydrogen-bond acceptors (Lipinski definition) is 2. The molecule has 6 unspecified atom stereocenters. The molecule has 0 aromatic heterocycles. The predicted octanol–water partition coefficient (Wildman–Crippen LogP) is 0.741. The first kappa shape index (κ1) is 7.34. The fourth-order valence-corrected chi connectivity index (χ4v) is 4.15. The zero-order valence-electron chi connectivity index (χ0n) is 7.32. The van der Waals surface area contributed by atoms with Crippen LogP contribution in [0.5, 0.6) is 0 Å². The van der Waals surface area contributed by atoms with E-state index in [0.29, 0.717) is 12.0 Å². The number of rotatable bonds is 0. The highest BCUT2D eigenvalue weighted by Gasteiger charge is 2.55. The summed E-state index contributed by atoms with van der Waals surface area (Å²) < 4.78 is 0. The molecule has 3 aliphatic carbocycles. The van der Waals surface area contributed by atoms with Crippen LogP contribution >= 0.6 is 0 Å². The molecule has 0 aromatic rings. The lowest BCUT2D eigenvalue weighted by Crippen LogP contribution is -2.35. The lowest BCUT2D eigenvalue weighted by Gasteiger charge is -2.30. The van der Waals surface area contributed by atoms with Gasteiger partial charge in [0.25, 0.3) is 0 Å². The summed E-state index contributed by atoms with van der Waals surface area (Å²) in [4.78, 5) is 0. The first-order chi connectivity index (χ1) is 5.77. The van der Waals surface area contributed by atoms with Crippen LogP contribution in [-0.4, -0.2) is 17.3 Å². The first-order valence-corrected chi connectivity index (χ1v) is 5.21. The molecule has 12 heavy (non-hydrogen) atoms. The molecule has 3 rings (SSSR count). The van der Waals surface area contributed by atoms with Crippen LogP contribution in [0.3, 0.4) is 0 Å². The van der Waals surface area contributed by atoms with Crippen molar-refractivity contribution in [3.05, 3.63) is 0 Å². The Labute approximate surface area is 73.1 Å². The molecule has 3 N–H and O–H groups in total. The van der Waals surface area contributed by atoms with Gasteiger partial charge in [-0.15, -0.1) is 0 Å². The summed E-state index contributed by atoms with van der Waals surface area (Å²) in [6.07, 6.45) is 4.81. The topological polar surface area (TPSA) is 46.2 Å². The Morgan fingerprint density at radius 2 is 1.92 bits per heavy atom. The van der Waals surface area contributed by atoms with Crippen molar-refractivity contribution in [2.24, 2.45) is 29.4 Å². The lowest BCUT2D eigenvalue weighted by molar-refractivity contribution is 0.0616. The molecule has 0 radical (unpaired) electrons. The summed E-state index contributed by atoms with van der Waals surface area (Å²) in [6.45, 7) is 0. The summed E-state index contributed by atoms with van der Waals surface area (Å²) >= 11 is 0. The highest BCUT2D eigenvalue weighted by molar-refractivity contribution is 5.07. The van der Waals surface area contributed by atoms with Crippen molar-refractivity contribution < 1.29 is 5.11 Å².